The third-order valence-corrected chi connectivity index (χ3v) is 2.06. The Hall–Kier alpha value is -0.540. The SMILES string of the molecule is CC(Br)C(=O)Oc1ccccc1Cl. The maximum atomic E-state index is 11.1. The van der Waals surface area contributed by atoms with Crippen LogP contribution in [0, 0.1) is 0 Å². The van der Waals surface area contributed by atoms with E-state index in [-0.39, 0.29) is 10.8 Å². The van der Waals surface area contributed by atoms with E-state index in [2.05, 4.69) is 15.9 Å². The Morgan fingerprint density at radius 3 is 2.69 bits per heavy atom. The highest BCUT2D eigenvalue weighted by atomic mass is 79.9. The fourth-order valence-electron chi connectivity index (χ4n) is 0.717. The summed E-state index contributed by atoms with van der Waals surface area (Å²) in [6.07, 6.45) is 0. The van der Waals surface area contributed by atoms with Crippen molar-refractivity contribution in [2.24, 2.45) is 0 Å². The molecule has 0 saturated carbocycles. The number of esters is 1. The van der Waals surface area contributed by atoms with E-state index in [9.17, 15) is 4.79 Å². The van der Waals surface area contributed by atoms with Gasteiger partial charge in [-0.2, -0.15) is 0 Å². The molecule has 4 heteroatoms. The van der Waals surface area contributed by atoms with Crippen molar-refractivity contribution < 1.29 is 9.53 Å². The number of rotatable bonds is 2. The van der Waals surface area contributed by atoms with Gasteiger partial charge < -0.3 is 4.74 Å². The number of ether oxygens (including phenoxy) is 1. The number of halogens is 2. The summed E-state index contributed by atoms with van der Waals surface area (Å²) in [4.78, 5) is 10.8. The molecule has 0 N–H and O–H groups in total. The van der Waals surface area contributed by atoms with Gasteiger partial charge in [0.15, 0.2) is 0 Å². The van der Waals surface area contributed by atoms with Crippen LogP contribution < -0.4 is 4.74 Å². The molecule has 0 bridgehead atoms. The molecule has 0 aromatic heterocycles. The fourth-order valence-corrected chi connectivity index (χ4v) is 0.985. The molecule has 0 amide bonds. The van der Waals surface area contributed by atoms with Crippen molar-refractivity contribution in [3.63, 3.8) is 0 Å². The normalized spacial score (nSPS) is 12.2. The van der Waals surface area contributed by atoms with E-state index in [1.165, 1.54) is 0 Å². The number of carbonyl (C=O) groups is 1. The van der Waals surface area contributed by atoms with E-state index in [0.29, 0.717) is 10.8 Å². The Balaban J connectivity index is 2.75. The Morgan fingerprint density at radius 1 is 1.54 bits per heavy atom. The van der Waals surface area contributed by atoms with Crippen LogP contribution in [0.2, 0.25) is 5.02 Å². The van der Waals surface area contributed by atoms with Crippen molar-refractivity contribution in [3.05, 3.63) is 29.3 Å². The van der Waals surface area contributed by atoms with Crippen molar-refractivity contribution >= 4 is 33.5 Å². The van der Waals surface area contributed by atoms with E-state index >= 15 is 0 Å². The van der Waals surface area contributed by atoms with Gasteiger partial charge in [0.1, 0.15) is 10.6 Å². The number of benzene rings is 1. The number of hydrogen-bond donors (Lipinski definition) is 0. The first-order chi connectivity index (χ1) is 6.11. The van der Waals surface area contributed by atoms with Crippen LogP contribution in [0.15, 0.2) is 24.3 Å². The Kier molecular flexibility index (Phi) is 3.75. The molecule has 1 atom stereocenters. The third-order valence-electron chi connectivity index (χ3n) is 1.37. The topological polar surface area (TPSA) is 26.3 Å². The van der Waals surface area contributed by atoms with Gasteiger partial charge in [-0.05, 0) is 19.1 Å². The average Bonchev–Trinajstić information content (AvgIpc) is 2.08. The Bertz CT molecular complexity index is 312. The van der Waals surface area contributed by atoms with Gasteiger partial charge in [-0.3, -0.25) is 4.79 Å². The molecule has 0 aliphatic carbocycles. The van der Waals surface area contributed by atoms with Crippen molar-refractivity contribution in [2.45, 2.75) is 11.8 Å². The summed E-state index contributed by atoms with van der Waals surface area (Å²) < 4.78 is 4.99. The van der Waals surface area contributed by atoms with E-state index in [4.69, 9.17) is 16.3 Å². The minimum Gasteiger partial charge on any atom is -0.424 e. The summed E-state index contributed by atoms with van der Waals surface area (Å²) in [5, 5.41) is 0.434. The Morgan fingerprint density at radius 2 is 2.15 bits per heavy atom. The van der Waals surface area contributed by atoms with E-state index in [1.807, 2.05) is 0 Å². The average molecular weight is 264 g/mol. The van der Waals surface area contributed by atoms with E-state index in [1.54, 1.807) is 31.2 Å². The van der Waals surface area contributed by atoms with Crippen LogP contribution in [0.4, 0.5) is 0 Å². The molecule has 0 saturated heterocycles. The highest BCUT2D eigenvalue weighted by molar-refractivity contribution is 9.10. The first-order valence-corrected chi connectivity index (χ1v) is 5.01. The fraction of sp³-hybridized carbons (Fsp3) is 0.222. The number of para-hydroxylation sites is 1. The van der Waals surface area contributed by atoms with Gasteiger partial charge in [0.2, 0.25) is 0 Å². The molecule has 0 fully saturated rings. The first-order valence-electron chi connectivity index (χ1n) is 3.71. The van der Waals surface area contributed by atoms with Crippen LogP contribution in [0.25, 0.3) is 0 Å². The molecule has 1 unspecified atom stereocenters. The zero-order chi connectivity index (χ0) is 9.84. The summed E-state index contributed by atoms with van der Waals surface area (Å²) in [7, 11) is 0. The second-order valence-electron chi connectivity index (χ2n) is 2.47. The lowest BCUT2D eigenvalue weighted by Crippen LogP contribution is -2.17. The summed E-state index contributed by atoms with van der Waals surface area (Å²) in [5.41, 5.74) is 0. The predicted octanol–water partition coefficient (Wildman–Crippen LogP) is 3.03. The van der Waals surface area contributed by atoms with Crippen LogP contribution in [0.3, 0.4) is 0 Å². The molecule has 0 radical (unpaired) electrons. The minimum atomic E-state index is -0.354. The molecule has 1 aromatic carbocycles. The van der Waals surface area contributed by atoms with Crippen molar-refractivity contribution in [1.82, 2.24) is 0 Å². The molecule has 0 spiro atoms. The van der Waals surface area contributed by atoms with Crippen molar-refractivity contribution in [3.8, 4) is 5.75 Å². The standard InChI is InChI=1S/C9H8BrClO2/c1-6(10)9(12)13-8-5-3-2-4-7(8)11/h2-6H,1H3. The largest absolute Gasteiger partial charge is 0.424 e. The molecule has 1 aromatic rings. The summed E-state index contributed by atoms with van der Waals surface area (Å²) in [6.45, 7) is 1.69. The highest BCUT2D eigenvalue weighted by Crippen LogP contribution is 2.23. The molecule has 0 aliphatic rings. The van der Waals surface area contributed by atoms with Crippen LogP contribution >= 0.6 is 27.5 Å². The summed E-state index contributed by atoms with van der Waals surface area (Å²) in [6, 6.07) is 6.85. The first kappa shape index (κ1) is 10.5. The van der Waals surface area contributed by atoms with Gasteiger partial charge in [-0.1, -0.05) is 39.7 Å². The van der Waals surface area contributed by atoms with Gasteiger partial charge in [-0.25, -0.2) is 0 Å². The van der Waals surface area contributed by atoms with Crippen molar-refractivity contribution in [2.75, 3.05) is 0 Å². The van der Waals surface area contributed by atoms with Gasteiger partial charge in [0.05, 0.1) is 5.02 Å². The molecule has 2 nitrogen and oxygen atoms in total. The number of hydrogen-bond acceptors (Lipinski definition) is 2. The molecule has 0 heterocycles. The second-order valence-corrected chi connectivity index (χ2v) is 4.25. The smallest absolute Gasteiger partial charge is 0.324 e. The Labute approximate surface area is 90.0 Å². The predicted molar refractivity (Wildman–Crippen MR) is 55.5 cm³/mol. The summed E-state index contributed by atoms with van der Waals surface area (Å²) in [5.74, 6) is 0.0357. The van der Waals surface area contributed by atoms with Crippen LogP contribution in [-0.4, -0.2) is 10.8 Å². The van der Waals surface area contributed by atoms with E-state index < -0.39 is 0 Å². The molecular formula is C9H8BrClO2. The zero-order valence-corrected chi connectivity index (χ0v) is 9.30. The van der Waals surface area contributed by atoms with Crippen LogP contribution in [0.5, 0.6) is 5.75 Å². The number of alkyl halides is 1. The van der Waals surface area contributed by atoms with Gasteiger partial charge >= 0.3 is 5.97 Å². The lowest BCUT2D eigenvalue weighted by Gasteiger charge is -2.06. The highest BCUT2D eigenvalue weighted by Gasteiger charge is 2.12. The summed E-state index contributed by atoms with van der Waals surface area (Å²) >= 11 is 8.88. The molecule has 13 heavy (non-hydrogen) atoms. The van der Waals surface area contributed by atoms with Crippen molar-refractivity contribution in [1.29, 1.82) is 0 Å². The minimum absolute atomic E-state index is 0.330. The lowest BCUT2D eigenvalue weighted by atomic mass is 10.3. The van der Waals surface area contributed by atoms with Gasteiger partial charge in [0, 0.05) is 0 Å². The second kappa shape index (κ2) is 4.63. The molecular weight excluding hydrogens is 255 g/mol. The molecule has 70 valence electrons. The quantitative estimate of drug-likeness (QED) is 0.466. The molecule has 0 aliphatic heterocycles. The lowest BCUT2D eigenvalue weighted by molar-refractivity contribution is -0.133. The van der Waals surface area contributed by atoms with Crippen LogP contribution in [0.1, 0.15) is 6.92 Å². The third kappa shape index (κ3) is 3.01. The van der Waals surface area contributed by atoms with Gasteiger partial charge in [0.25, 0.3) is 0 Å². The maximum absolute atomic E-state index is 11.1. The molecule has 1 rings (SSSR count). The van der Waals surface area contributed by atoms with Gasteiger partial charge in [-0.15, -0.1) is 0 Å². The van der Waals surface area contributed by atoms with E-state index in [0.717, 1.165) is 0 Å². The monoisotopic (exact) mass is 262 g/mol. The number of carbonyl (C=O) groups excluding carboxylic acids is 1. The zero-order valence-electron chi connectivity index (χ0n) is 6.96. The maximum Gasteiger partial charge on any atom is 0.324 e. The van der Waals surface area contributed by atoms with Crippen LogP contribution in [-0.2, 0) is 4.79 Å².